The number of rotatable bonds is 13. The summed E-state index contributed by atoms with van der Waals surface area (Å²) in [5, 5.41) is 7.56. The molecule has 2 N–H and O–H groups in total. The van der Waals surface area contributed by atoms with Crippen molar-refractivity contribution < 1.29 is 23.8 Å². The van der Waals surface area contributed by atoms with Crippen LogP contribution in [0, 0.1) is 5.92 Å². The normalized spacial score (nSPS) is 12.8. The lowest BCUT2D eigenvalue weighted by molar-refractivity contribution is -0.132. The second-order valence-electron chi connectivity index (χ2n) is 8.49. The molecule has 0 spiro atoms. The Hall–Kier alpha value is -2.97. The van der Waals surface area contributed by atoms with Gasteiger partial charge in [0.2, 0.25) is 0 Å². The fourth-order valence-corrected chi connectivity index (χ4v) is 3.66. The topological polar surface area (TPSA) is 98.2 Å². The Morgan fingerprint density at radius 1 is 1.08 bits per heavy atom. The molecular weight excluding hydrogens is 505 g/mol. The van der Waals surface area contributed by atoms with Crippen LogP contribution in [0.25, 0.3) is 0 Å². The van der Waals surface area contributed by atoms with Gasteiger partial charge in [0, 0.05) is 10.6 Å². The number of halogens is 2. The van der Waals surface area contributed by atoms with Gasteiger partial charge in [-0.3, -0.25) is 9.59 Å². The van der Waals surface area contributed by atoms with E-state index in [-0.39, 0.29) is 10.9 Å². The number of methoxy groups -OCH3 is 1. The number of carbonyl (C=O) groups is 2. The van der Waals surface area contributed by atoms with Gasteiger partial charge in [0.25, 0.3) is 11.8 Å². The molecule has 0 fully saturated rings. The van der Waals surface area contributed by atoms with Crippen LogP contribution in [0.2, 0.25) is 10.0 Å². The zero-order chi connectivity index (χ0) is 26.7. The van der Waals surface area contributed by atoms with Crippen LogP contribution in [0.15, 0.2) is 41.5 Å². The Bertz CT molecular complexity index is 1060. The number of hydrogen-bond donors (Lipinski definition) is 2. The third-order valence-electron chi connectivity index (χ3n) is 4.97. The zero-order valence-corrected chi connectivity index (χ0v) is 22.7. The van der Waals surface area contributed by atoms with Gasteiger partial charge >= 0.3 is 0 Å². The Morgan fingerprint density at radius 2 is 1.83 bits per heavy atom. The number of nitrogens with zero attached hydrogens (tertiary/aromatic N) is 1. The number of carbonyl (C=O) groups excluding carboxylic acids is 2. The van der Waals surface area contributed by atoms with Crippen molar-refractivity contribution in [2.45, 2.75) is 52.7 Å². The maximum absolute atomic E-state index is 12.9. The number of nitrogens with one attached hydrogen (secondary N) is 2. The summed E-state index contributed by atoms with van der Waals surface area (Å²) < 4.78 is 16.8. The van der Waals surface area contributed by atoms with Crippen LogP contribution in [0.1, 0.15) is 46.1 Å². The molecule has 8 nitrogen and oxygen atoms in total. The first kappa shape index (κ1) is 29.3. The highest BCUT2D eigenvalue weighted by molar-refractivity contribution is 6.35. The van der Waals surface area contributed by atoms with E-state index < -0.39 is 24.0 Å². The molecule has 196 valence electrons. The first-order chi connectivity index (χ1) is 17.2. The van der Waals surface area contributed by atoms with Crippen molar-refractivity contribution in [2.24, 2.45) is 11.0 Å². The van der Waals surface area contributed by atoms with E-state index in [1.54, 1.807) is 44.4 Å². The molecule has 0 bridgehead atoms. The minimum atomic E-state index is -0.898. The number of amides is 2. The predicted octanol–water partition coefficient (Wildman–Crippen LogP) is 5.24. The van der Waals surface area contributed by atoms with E-state index in [9.17, 15) is 9.59 Å². The molecule has 2 rings (SSSR count). The van der Waals surface area contributed by atoms with Crippen molar-refractivity contribution in [3.8, 4) is 17.2 Å². The predicted molar refractivity (Wildman–Crippen MR) is 142 cm³/mol. The number of hydrazone groups is 1. The lowest BCUT2D eigenvalue weighted by atomic mass is 10.0. The standard InChI is InChI=1S/C26H33Cl2N3O5/c1-6-12-35-24-18(8-7-9-23(24)34-5)15-29-31-26(33)21(13-16(2)3)30-25(32)17(4)36-22-11-10-19(27)14-20(22)28/h7-11,14-17,21H,6,12-13H2,1-5H3,(H,30,32)(H,31,33)/b29-15-/t17-,21+/m1/s1. The van der Waals surface area contributed by atoms with Gasteiger partial charge in [0.1, 0.15) is 11.8 Å². The highest BCUT2D eigenvalue weighted by atomic mass is 35.5. The quantitative estimate of drug-likeness (QED) is 0.269. The highest BCUT2D eigenvalue weighted by Crippen LogP contribution is 2.30. The zero-order valence-electron chi connectivity index (χ0n) is 21.1. The first-order valence-electron chi connectivity index (χ1n) is 11.7. The van der Waals surface area contributed by atoms with Crippen LogP contribution in [-0.2, 0) is 9.59 Å². The molecule has 2 atom stereocenters. The molecule has 0 aliphatic carbocycles. The molecule has 0 saturated carbocycles. The van der Waals surface area contributed by atoms with Crippen molar-refractivity contribution in [2.75, 3.05) is 13.7 Å². The van der Waals surface area contributed by atoms with E-state index in [4.69, 9.17) is 37.4 Å². The maximum atomic E-state index is 12.9. The Kier molecular flexibility index (Phi) is 11.8. The minimum absolute atomic E-state index is 0.138. The molecule has 2 aromatic carbocycles. The van der Waals surface area contributed by atoms with Crippen LogP contribution in [0.5, 0.6) is 17.2 Å². The van der Waals surface area contributed by atoms with Crippen molar-refractivity contribution in [1.82, 2.24) is 10.7 Å². The van der Waals surface area contributed by atoms with E-state index in [1.807, 2.05) is 20.8 Å². The molecule has 0 aliphatic rings. The summed E-state index contributed by atoms with van der Waals surface area (Å²) in [5.41, 5.74) is 3.16. The van der Waals surface area contributed by atoms with Crippen LogP contribution in [-0.4, -0.2) is 43.9 Å². The van der Waals surface area contributed by atoms with Gasteiger partial charge in [-0.05, 0) is 56.0 Å². The van der Waals surface area contributed by atoms with Gasteiger partial charge in [-0.25, -0.2) is 5.43 Å². The molecule has 0 unspecified atom stereocenters. The average molecular weight is 538 g/mol. The monoisotopic (exact) mass is 537 g/mol. The van der Waals surface area contributed by atoms with E-state index in [0.29, 0.717) is 40.9 Å². The fraction of sp³-hybridized carbons (Fsp3) is 0.423. The van der Waals surface area contributed by atoms with Gasteiger partial charge in [-0.2, -0.15) is 5.10 Å². The lowest BCUT2D eigenvalue weighted by Crippen LogP contribution is -2.49. The largest absolute Gasteiger partial charge is 0.493 e. The second kappa shape index (κ2) is 14.6. The molecule has 0 saturated heterocycles. The van der Waals surface area contributed by atoms with E-state index in [2.05, 4.69) is 15.8 Å². The molecule has 0 radical (unpaired) electrons. The number of ether oxygens (including phenoxy) is 3. The second-order valence-corrected chi connectivity index (χ2v) is 9.33. The molecule has 0 heterocycles. The summed E-state index contributed by atoms with van der Waals surface area (Å²) in [5.74, 6) is 0.645. The molecule has 10 heteroatoms. The number of hydrogen-bond acceptors (Lipinski definition) is 6. The Morgan fingerprint density at radius 3 is 2.47 bits per heavy atom. The van der Waals surface area contributed by atoms with E-state index >= 15 is 0 Å². The highest BCUT2D eigenvalue weighted by Gasteiger charge is 2.25. The number of para-hydroxylation sites is 1. The van der Waals surface area contributed by atoms with Crippen LogP contribution in [0.4, 0.5) is 0 Å². The molecular formula is C26H33Cl2N3O5. The SMILES string of the molecule is CCCOc1c(/C=N\NC(=O)[C@H](CC(C)C)NC(=O)[C@@H](C)Oc2ccc(Cl)cc2Cl)cccc1OC. The van der Waals surface area contributed by atoms with Gasteiger partial charge < -0.3 is 19.5 Å². The van der Waals surface area contributed by atoms with Gasteiger partial charge in [-0.15, -0.1) is 0 Å². The summed E-state index contributed by atoms with van der Waals surface area (Å²) in [4.78, 5) is 25.7. The van der Waals surface area contributed by atoms with Crippen LogP contribution in [0.3, 0.4) is 0 Å². The smallest absolute Gasteiger partial charge is 0.262 e. The van der Waals surface area contributed by atoms with E-state index in [0.717, 1.165) is 6.42 Å². The van der Waals surface area contributed by atoms with Crippen molar-refractivity contribution >= 4 is 41.2 Å². The lowest BCUT2D eigenvalue weighted by Gasteiger charge is -2.22. The minimum Gasteiger partial charge on any atom is -0.493 e. The molecule has 0 aromatic heterocycles. The van der Waals surface area contributed by atoms with Crippen molar-refractivity contribution in [3.05, 3.63) is 52.0 Å². The molecule has 0 aliphatic heterocycles. The molecule has 2 amide bonds. The van der Waals surface area contributed by atoms with Crippen LogP contribution >= 0.6 is 23.2 Å². The third kappa shape index (κ3) is 8.91. The van der Waals surface area contributed by atoms with E-state index in [1.165, 1.54) is 12.3 Å². The van der Waals surface area contributed by atoms with Crippen molar-refractivity contribution in [3.63, 3.8) is 0 Å². The first-order valence-corrected chi connectivity index (χ1v) is 12.5. The third-order valence-corrected chi connectivity index (χ3v) is 5.50. The Balaban J connectivity index is 2.07. The summed E-state index contributed by atoms with van der Waals surface area (Å²) >= 11 is 12.0. The van der Waals surface area contributed by atoms with Gasteiger partial charge in [-0.1, -0.05) is 50.0 Å². The average Bonchev–Trinajstić information content (AvgIpc) is 2.83. The summed E-state index contributed by atoms with van der Waals surface area (Å²) in [6.45, 7) is 8.00. The van der Waals surface area contributed by atoms with Crippen LogP contribution < -0.4 is 25.0 Å². The summed E-state index contributed by atoms with van der Waals surface area (Å²) in [6.07, 6.45) is 1.82. The fourth-order valence-electron chi connectivity index (χ4n) is 3.20. The molecule has 36 heavy (non-hydrogen) atoms. The number of benzene rings is 2. The van der Waals surface area contributed by atoms with Gasteiger partial charge in [0.05, 0.1) is 25.0 Å². The summed E-state index contributed by atoms with van der Waals surface area (Å²) in [6, 6.07) is 9.30. The Labute approximate surface area is 222 Å². The van der Waals surface area contributed by atoms with Gasteiger partial charge in [0.15, 0.2) is 17.6 Å². The maximum Gasteiger partial charge on any atom is 0.262 e. The summed E-state index contributed by atoms with van der Waals surface area (Å²) in [7, 11) is 1.56. The molecule has 2 aromatic rings. The van der Waals surface area contributed by atoms with Crippen molar-refractivity contribution in [1.29, 1.82) is 0 Å².